The fraction of sp³-hybridized carbons (Fsp3) is 0.111. The fourth-order valence-corrected chi connectivity index (χ4v) is 16.8. The third-order valence-electron chi connectivity index (χ3n) is 23.1. The van der Waals surface area contributed by atoms with Gasteiger partial charge in [-0.2, -0.15) is 10.5 Å². The summed E-state index contributed by atoms with van der Waals surface area (Å²) in [6, 6.07) is 95.4. The monoisotopic (exact) mass is 1560 g/mol. The zero-order valence-electron chi connectivity index (χ0n) is 68.9. The molecule has 0 bridgehead atoms. The number of hydrogen-bond donors (Lipinski definition) is 0. The van der Waals surface area contributed by atoms with E-state index in [1.807, 2.05) is 163 Å². The van der Waals surface area contributed by atoms with Crippen molar-refractivity contribution in [3.05, 3.63) is 370 Å². The Morgan fingerprint density at radius 2 is 0.642 bits per heavy atom. The molecule has 0 fully saturated rings. The number of fused-ring (bicyclic) bond motifs is 12. The van der Waals surface area contributed by atoms with Crippen LogP contribution in [0.2, 0.25) is 0 Å². The van der Waals surface area contributed by atoms with Crippen molar-refractivity contribution in [1.29, 1.82) is 10.5 Å². The number of pyridine rings is 4. The maximum Gasteiger partial charge on any atom is 0.216 e. The number of para-hydroxylation sites is 1. The van der Waals surface area contributed by atoms with Crippen LogP contribution in [0.25, 0.3) is 187 Å². The minimum Gasteiger partial charge on any atom is -0.456 e. The van der Waals surface area contributed by atoms with Gasteiger partial charge in [-0.15, -0.1) is 0 Å². The Morgan fingerprint density at radius 1 is 0.275 bits per heavy atom. The van der Waals surface area contributed by atoms with E-state index < -0.39 is 0 Å². The number of furan rings is 4. The Labute approximate surface area is 696 Å². The van der Waals surface area contributed by atoms with E-state index in [4.69, 9.17) is 30.8 Å². The van der Waals surface area contributed by atoms with Crippen LogP contribution >= 0.6 is 0 Å². The van der Waals surface area contributed by atoms with E-state index in [1.165, 1.54) is 22.3 Å². The molecule has 0 aliphatic rings. The number of nitrogens with zero attached hydrogens (tertiary/aromatic N) is 8. The summed E-state index contributed by atoms with van der Waals surface area (Å²) in [5.74, 6) is 0. The summed E-state index contributed by atoms with van der Waals surface area (Å²) in [7, 11) is 8.16. The van der Waals surface area contributed by atoms with Crippen LogP contribution in [0, 0.1) is 91.2 Å². The molecule has 0 radical (unpaired) electrons. The van der Waals surface area contributed by atoms with Crippen molar-refractivity contribution in [1.82, 2.24) is 0 Å². The summed E-state index contributed by atoms with van der Waals surface area (Å²) in [6.45, 7) is 32.0. The lowest BCUT2D eigenvalue weighted by Gasteiger charge is -2.06. The second kappa shape index (κ2) is 31.9. The van der Waals surface area contributed by atoms with Gasteiger partial charge in [-0.25, -0.2) is 28.0 Å². The molecule has 576 valence electrons. The molecule has 0 aliphatic heterocycles. The average Bonchev–Trinajstić information content (AvgIpc) is 1.58. The van der Waals surface area contributed by atoms with Gasteiger partial charge in [0.15, 0.2) is 41.7 Å². The second-order valence-corrected chi connectivity index (χ2v) is 31.1. The average molecular weight is 1560 g/mol. The molecular weight excluding hydrogens is 1470 g/mol. The second-order valence-electron chi connectivity index (χ2n) is 31.1. The lowest BCUT2D eigenvalue weighted by atomic mass is 9.95. The van der Waals surface area contributed by atoms with E-state index in [0.29, 0.717) is 22.5 Å². The van der Waals surface area contributed by atoms with Gasteiger partial charge < -0.3 is 17.7 Å². The Bertz CT molecular complexity index is 7640. The molecule has 20 rings (SSSR count). The molecule has 0 aliphatic carbocycles. The van der Waals surface area contributed by atoms with Gasteiger partial charge in [0.05, 0.1) is 58.7 Å². The standard InChI is InChI=1S/4C27H21N2O/c1-17-8-11-19(12-9-17)25-22(28-3)15-14-21-20-13-10-18(2)24(26(20)30-27(21)25)23-7-5-6-16-29(23)4;1-17-8-11-19(12-9-17)22-15-20(28-3)16-23-21-13-10-18(2)25(27(21)30-26(22)23)24-7-5-6-14-29(24)4;1-17-10-12-19(13-11-17)21-7-6-8-22-25-20(16-28)15-18(2)24(27(25)30-26(21)22)23-9-4-5-14-29(23)3;1-17-7-10-19(11-8-17)21-14-12-20(16-28)25-22-13-9-18(2)24(27(22)30-26(21)25)23-6-4-5-15-29(23)3/h2*5-16H,1-2,4H3;2*4-15H,1-3H3/q4*+1. The number of hydrogen-bond acceptors (Lipinski definition) is 6. The van der Waals surface area contributed by atoms with Gasteiger partial charge in [-0.1, -0.05) is 186 Å². The van der Waals surface area contributed by atoms with Crippen LogP contribution in [-0.2, 0) is 28.2 Å². The zero-order chi connectivity index (χ0) is 83.3. The first-order chi connectivity index (χ1) is 58.3. The summed E-state index contributed by atoms with van der Waals surface area (Å²) < 4.78 is 34.7. The van der Waals surface area contributed by atoms with Crippen LogP contribution < -0.4 is 18.3 Å². The molecule has 0 unspecified atom stereocenters. The summed E-state index contributed by atoms with van der Waals surface area (Å²) >= 11 is 0. The first-order valence-corrected chi connectivity index (χ1v) is 39.9. The summed E-state index contributed by atoms with van der Waals surface area (Å²) in [5.41, 5.74) is 35.0. The number of aromatic nitrogens is 4. The number of benzene rings is 12. The Kier molecular flexibility index (Phi) is 20.5. The minimum absolute atomic E-state index is 0.606. The SMILES string of the molecule is Cc1ccc(-c2ccc(C#N)c3c2oc2c(-c4cccc[n+]4C)c(C)ccc23)cc1.Cc1ccc(-c2cccc3c2oc2c(-c4cccc[n+]4C)c(C)cc(C#N)c23)cc1.[C-]#[N+]c1cc(-c2ccc(C)cc2)c2oc3c(-c4cccc[n+]4C)c(C)ccc3c2c1.[C-]#[N+]c1ccc2c(oc3c(-c4cccc[n+]4C)c(C)ccc32)c1-c1ccc(C)cc1. The van der Waals surface area contributed by atoms with Crippen molar-refractivity contribution in [3.8, 4) is 102 Å². The molecule has 12 heteroatoms. The minimum atomic E-state index is 0.606. The van der Waals surface area contributed by atoms with Crippen molar-refractivity contribution in [2.45, 2.75) is 55.4 Å². The normalized spacial score (nSPS) is 11.1. The molecule has 0 spiro atoms. The van der Waals surface area contributed by atoms with Gasteiger partial charge in [0, 0.05) is 114 Å². The third-order valence-corrected chi connectivity index (χ3v) is 23.1. The smallest absolute Gasteiger partial charge is 0.216 e. The number of rotatable bonds is 8. The van der Waals surface area contributed by atoms with Crippen LogP contribution in [0.3, 0.4) is 0 Å². The lowest BCUT2D eigenvalue weighted by Crippen LogP contribution is -2.30. The maximum absolute atomic E-state index is 9.87. The fourth-order valence-electron chi connectivity index (χ4n) is 16.8. The highest BCUT2D eigenvalue weighted by molar-refractivity contribution is 6.19. The van der Waals surface area contributed by atoms with Gasteiger partial charge in [-0.3, -0.25) is 0 Å². The summed E-state index contributed by atoms with van der Waals surface area (Å²) in [6.07, 6.45) is 8.16. The summed E-state index contributed by atoms with van der Waals surface area (Å²) in [4.78, 5) is 7.52. The molecule has 12 nitrogen and oxygen atoms in total. The molecule has 8 heterocycles. The molecule has 0 amide bonds. The molecule has 0 atom stereocenters. The van der Waals surface area contributed by atoms with Crippen molar-refractivity contribution >= 4 is 99.1 Å². The molecule has 8 aromatic heterocycles. The van der Waals surface area contributed by atoms with Crippen LogP contribution in [0.1, 0.15) is 55.6 Å². The van der Waals surface area contributed by atoms with E-state index in [0.717, 1.165) is 200 Å². The van der Waals surface area contributed by atoms with E-state index in [1.54, 1.807) is 0 Å². The zero-order valence-corrected chi connectivity index (χ0v) is 68.9. The highest BCUT2D eigenvalue weighted by Crippen LogP contribution is 2.49. The predicted octanol–water partition coefficient (Wildman–Crippen LogP) is 26.3. The molecule has 12 aromatic carbocycles. The summed E-state index contributed by atoms with van der Waals surface area (Å²) in [5, 5.41) is 27.5. The first-order valence-electron chi connectivity index (χ1n) is 39.9. The van der Waals surface area contributed by atoms with E-state index in [2.05, 4.69) is 252 Å². The Hall–Kier alpha value is -15.6. The van der Waals surface area contributed by atoms with Crippen molar-refractivity contribution in [3.63, 3.8) is 0 Å². The number of nitriles is 2. The van der Waals surface area contributed by atoms with Crippen molar-refractivity contribution < 1.29 is 35.9 Å². The van der Waals surface area contributed by atoms with Gasteiger partial charge >= 0.3 is 0 Å². The van der Waals surface area contributed by atoms with Crippen LogP contribution in [0.15, 0.2) is 309 Å². The Morgan fingerprint density at radius 3 is 1.10 bits per heavy atom. The molecule has 0 saturated heterocycles. The van der Waals surface area contributed by atoms with Crippen molar-refractivity contribution in [2.75, 3.05) is 0 Å². The predicted molar refractivity (Wildman–Crippen MR) is 483 cm³/mol. The van der Waals surface area contributed by atoms with Gasteiger partial charge in [0.25, 0.3) is 0 Å². The number of aryl methyl sites for hydroxylation is 12. The molecule has 20 aromatic rings. The molecule has 0 saturated carbocycles. The topological polar surface area (TPSA) is 124 Å². The lowest BCUT2D eigenvalue weighted by molar-refractivity contribution is -0.660. The van der Waals surface area contributed by atoms with Crippen LogP contribution in [0.5, 0.6) is 0 Å². The quantitative estimate of drug-likeness (QED) is 0.110. The van der Waals surface area contributed by atoms with Crippen molar-refractivity contribution in [2.24, 2.45) is 28.2 Å². The maximum atomic E-state index is 9.87. The van der Waals surface area contributed by atoms with E-state index in [9.17, 15) is 10.5 Å². The largest absolute Gasteiger partial charge is 0.456 e. The van der Waals surface area contributed by atoms with Crippen LogP contribution in [0.4, 0.5) is 11.4 Å². The highest BCUT2D eigenvalue weighted by Gasteiger charge is 2.29. The van der Waals surface area contributed by atoms with E-state index in [-0.39, 0.29) is 0 Å². The van der Waals surface area contributed by atoms with Gasteiger partial charge in [0.1, 0.15) is 67.3 Å². The first kappa shape index (κ1) is 77.0. The highest BCUT2D eigenvalue weighted by atomic mass is 16.3. The Balaban J connectivity index is 0.000000114. The third kappa shape index (κ3) is 13.9. The van der Waals surface area contributed by atoms with E-state index >= 15 is 0 Å². The van der Waals surface area contributed by atoms with Crippen LogP contribution in [-0.4, -0.2) is 0 Å². The molecule has 0 N–H and O–H groups in total. The molecule has 120 heavy (non-hydrogen) atoms. The molecular formula is C108H84N8O4+4. The van der Waals surface area contributed by atoms with Gasteiger partial charge in [0.2, 0.25) is 22.8 Å². The van der Waals surface area contributed by atoms with Gasteiger partial charge in [-0.05, 0) is 154 Å².